The van der Waals surface area contributed by atoms with Gasteiger partial charge in [0.05, 0.1) is 29.0 Å². The lowest BCUT2D eigenvalue weighted by atomic mass is 10.1. The lowest BCUT2D eigenvalue weighted by Crippen LogP contribution is -2.32. The maximum Gasteiger partial charge on any atom is 0.255 e. The number of halogens is 1. The fraction of sp³-hybridized carbons (Fsp3) is 0.360. The van der Waals surface area contributed by atoms with Gasteiger partial charge in [-0.1, -0.05) is 12.5 Å². The monoisotopic (exact) mass is 475 g/mol. The molecule has 0 bridgehead atoms. The molecule has 0 radical (unpaired) electrons. The molecule has 0 spiro atoms. The lowest BCUT2D eigenvalue weighted by Gasteiger charge is -2.19. The van der Waals surface area contributed by atoms with Crippen LogP contribution in [0.15, 0.2) is 31.1 Å². The summed E-state index contributed by atoms with van der Waals surface area (Å²) in [4.78, 5) is 30.6. The Balaban J connectivity index is 1.52. The van der Waals surface area contributed by atoms with E-state index in [0.29, 0.717) is 30.3 Å². The topological polar surface area (TPSA) is 111 Å². The van der Waals surface area contributed by atoms with E-state index >= 15 is 0 Å². The number of primary amides is 1. The third kappa shape index (κ3) is 3.93. The van der Waals surface area contributed by atoms with Gasteiger partial charge in [0.1, 0.15) is 17.2 Å². The van der Waals surface area contributed by atoms with Crippen molar-refractivity contribution in [3.8, 4) is 11.8 Å². The van der Waals surface area contributed by atoms with Gasteiger partial charge in [0.25, 0.3) is 5.91 Å². The molecule has 3 aromatic rings. The number of carbonyl (C=O) groups is 2. The zero-order chi connectivity index (χ0) is 24.9. The van der Waals surface area contributed by atoms with Gasteiger partial charge < -0.3 is 20.5 Å². The summed E-state index contributed by atoms with van der Waals surface area (Å²) >= 11 is 0. The van der Waals surface area contributed by atoms with Crippen LogP contribution in [-0.4, -0.2) is 55.7 Å². The molecule has 1 aliphatic heterocycles. The maximum atomic E-state index is 14.9. The third-order valence-corrected chi connectivity index (χ3v) is 6.67. The Morgan fingerprint density at radius 3 is 2.71 bits per heavy atom. The Bertz CT molecular complexity index is 1420. The highest BCUT2D eigenvalue weighted by molar-refractivity contribution is 6.00. The minimum Gasteiger partial charge on any atom is -0.373 e. The van der Waals surface area contributed by atoms with E-state index in [9.17, 15) is 14.0 Å². The first-order valence-corrected chi connectivity index (χ1v) is 11.5. The number of benzene rings is 1. The van der Waals surface area contributed by atoms with Crippen molar-refractivity contribution >= 4 is 28.7 Å². The van der Waals surface area contributed by atoms with Crippen LogP contribution in [0.4, 0.5) is 10.2 Å². The second-order valence-corrected chi connectivity index (χ2v) is 9.02. The second kappa shape index (κ2) is 8.58. The van der Waals surface area contributed by atoms with Crippen LogP contribution < -0.4 is 11.1 Å². The highest BCUT2D eigenvalue weighted by atomic mass is 19.1. The number of aromatic nitrogens is 4. The molecule has 180 valence electrons. The summed E-state index contributed by atoms with van der Waals surface area (Å²) in [6.45, 7) is 5.92. The molecule has 3 N–H and O–H groups in total. The molecule has 2 atom stereocenters. The summed E-state index contributed by atoms with van der Waals surface area (Å²) in [5.41, 5.74) is 7.50. The number of likely N-dealkylation sites (tertiary alicyclic amines) is 1. The molecule has 1 aromatic carbocycles. The molecule has 1 unspecified atom stereocenters. The first kappa shape index (κ1) is 22.7. The molecule has 3 heterocycles. The Morgan fingerprint density at radius 1 is 1.29 bits per heavy atom. The molecular formula is C25H26FN7O2. The van der Waals surface area contributed by atoms with Crippen LogP contribution in [0.2, 0.25) is 0 Å². The van der Waals surface area contributed by atoms with Crippen LogP contribution in [0, 0.1) is 17.7 Å². The molecule has 2 amide bonds. The second-order valence-electron chi connectivity index (χ2n) is 9.02. The molecule has 2 fully saturated rings. The van der Waals surface area contributed by atoms with Crippen LogP contribution in [0.25, 0.3) is 11.0 Å². The first-order chi connectivity index (χ1) is 16.8. The molecule has 1 aliphatic carbocycles. The van der Waals surface area contributed by atoms with Crippen molar-refractivity contribution in [2.75, 3.05) is 18.9 Å². The number of nitrogens with two attached hydrogens (primary N) is 1. The zero-order valence-corrected chi connectivity index (χ0v) is 19.6. The molecule has 5 rings (SSSR count). The van der Waals surface area contributed by atoms with E-state index in [2.05, 4.69) is 33.8 Å². The van der Waals surface area contributed by atoms with Gasteiger partial charge in [0.2, 0.25) is 5.91 Å². The van der Waals surface area contributed by atoms with E-state index in [4.69, 9.17) is 5.73 Å². The molecular weight excluding hydrogens is 449 g/mol. The molecule has 2 aromatic heterocycles. The SMILES string of the molecule is C=CC(=O)N1CC(n2nc(C#Cc3cc4ncn(C5CC5)c4cc3F)c(C(N)=O)c2NC)C[C@H]1C. The Morgan fingerprint density at radius 2 is 2.06 bits per heavy atom. The van der Waals surface area contributed by atoms with Crippen molar-refractivity contribution < 1.29 is 14.0 Å². The van der Waals surface area contributed by atoms with E-state index in [1.807, 2.05) is 11.5 Å². The van der Waals surface area contributed by atoms with E-state index in [1.54, 1.807) is 29.0 Å². The molecule has 10 heteroatoms. The summed E-state index contributed by atoms with van der Waals surface area (Å²) in [7, 11) is 1.66. The van der Waals surface area contributed by atoms with E-state index in [-0.39, 0.29) is 34.8 Å². The van der Waals surface area contributed by atoms with Gasteiger partial charge in [0.15, 0.2) is 5.69 Å². The van der Waals surface area contributed by atoms with Crippen LogP contribution >= 0.6 is 0 Å². The van der Waals surface area contributed by atoms with Crippen molar-refractivity contribution in [2.45, 2.75) is 44.3 Å². The number of nitrogens with one attached hydrogen (secondary N) is 1. The molecule has 1 saturated carbocycles. The smallest absolute Gasteiger partial charge is 0.255 e. The van der Waals surface area contributed by atoms with Crippen molar-refractivity contribution in [3.05, 3.63) is 53.8 Å². The summed E-state index contributed by atoms with van der Waals surface area (Å²) in [6, 6.07) is 3.22. The van der Waals surface area contributed by atoms with Crippen LogP contribution in [0.1, 0.15) is 59.9 Å². The number of hydrogen-bond acceptors (Lipinski definition) is 5. The zero-order valence-electron chi connectivity index (χ0n) is 19.6. The van der Waals surface area contributed by atoms with Gasteiger partial charge in [-0.15, -0.1) is 0 Å². The molecule has 2 aliphatic rings. The van der Waals surface area contributed by atoms with Crippen molar-refractivity contribution in [2.24, 2.45) is 5.73 Å². The van der Waals surface area contributed by atoms with Gasteiger partial charge >= 0.3 is 0 Å². The predicted octanol–water partition coefficient (Wildman–Crippen LogP) is 2.60. The summed E-state index contributed by atoms with van der Waals surface area (Å²) < 4.78 is 18.5. The van der Waals surface area contributed by atoms with Gasteiger partial charge in [-0.05, 0) is 44.2 Å². The number of nitrogens with zero attached hydrogens (tertiary/aromatic N) is 5. The number of imidazole rings is 1. The first-order valence-electron chi connectivity index (χ1n) is 11.5. The van der Waals surface area contributed by atoms with Crippen LogP contribution in [-0.2, 0) is 4.79 Å². The standard InChI is InChI=1S/C25H26FN7O2/c1-4-22(34)31-12-17(9-14(31)2)33-25(28-3)23(24(27)35)19(30-33)8-5-15-10-20-21(11-18(15)26)32(13-29-20)16-6-7-16/h4,10-11,13-14,16-17,28H,1,6-7,9,12H2,2-3H3,(H2,27,35)/t14-,17?/m1/s1. The largest absolute Gasteiger partial charge is 0.373 e. The number of carbonyl (C=O) groups excluding carboxylic acids is 2. The van der Waals surface area contributed by atoms with Gasteiger partial charge in [0, 0.05) is 31.7 Å². The number of fused-ring (bicyclic) bond motifs is 1. The Hall–Kier alpha value is -4.13. The minimum absolute atomic E-state index is 0.0257. The van der Waals surface area contributed by atoms with Crippen molar-refractivity contribution in [1.82, 2.24) is 24.2 Å². The van der Waals surface area contributed by atoms with E-state index < -0.39 is 11.7 Å². The minimum atomic E-state index is -0.700. The van der Waals surface area contributed by atoms with Crippen LogP contribution in [0.3, 0.4) is 0 Å². The number of amides is 2. The Labute approximate surface area is 201 Å². The number of hydrogen-bond donors (Lipinski definition) is 2. The highest BCUT2D eigenvalue weighted by Crippen LogP contribution is 2.37. The summed E-state index contributed by atoms with van der Waals surface area (Å²) in [6.07, 6.45) is 5.79. The quantitative estimate of drug-likeness (QED) is 0.435. The number of rotatable bonds is 5. The van der Waals surface area contributed by atoms with E-state index in [0.717, 1.165) is 18.4 Å². The van der Waals surface area contributed by atoms with Crippen molar-refractivity contribution in [3.63, 3.8) is 0 Å². The molecule has 35 heavy (non-hydrogen) atoms. The number of anilines is 1. The normalized spacial score (nSPS) is 19.5. The molecule has 9 nitrogen and oxygen atoms in total. The highest BCUT2D eigenvalue weighted by Gasteiger charge is 2.35. The average Bonchev–Trinajstić information content (AvgIpc) is 3.31. The molecule has 1 saturated heterocycles. The predicted molar refractivity (Wildman–Crippen MR) is 129 cm³/mol. The lowest BCUT2D eigenvalue weighted by molar-refractivity contribution is -0.126. The fourth-order valence-electron chi connectivity index (χ4n) is 4.78. The van der Waals surface area contributed by atoms with Crippen molar-refractivity contribution in [1.29, 1.82) is 0 Å². The summed E-state index contributed by atoms with van der Waals surface area (Å²) in [5, 5.41) is 7.54. The fourth-order valence-corrected chi connectivity index (χ4v) is 4.78. The average molecular weight is 476 g/mol. The third-order valence-electron chi connectivity index (χ3n) is 6.67. The Kier molecular flexibility index (Phi) is 5.55. The maximum absolute atomic E-state index is 14.9. The van der Waals surface area contributed by atoms with Gasteiger partial charge in [-0.3, -0.25) is 9.59 Å². The van der Waals surface area contributed by atoms with Crippen LogP contribution in [0.5, 0.6) is 0 Å². The van der Waals surface area contributed by atoms with Gasteiger partial charge in [-0.25, -0.2) is 14.1 Å². The summed E-state index contributed by atoms with van der Waals surface area (Å²) in [5.74, 6) is 4.72. The van der Waals surface area contributed by atoms with Gasteiger partial charge in [-0.2, -0.15) is 5.10 Å². The van der Waals surface area contributed by atoms with E-state index in [1.165, 1.54) is 12.1 Å².